The highest BCUT2D eigenvalue weighted by Gasteiger charge is 2.44. The Bertz CT molecular complexity index is 1110. The van der Waals surface area contributed by atoms with E-state index in [4.69, 9.17) is 55.9 Å². The molecule has 1 N–H and O–H groups in total. The van der Waals surface area contributed by atoms with Crippen molar-refractivity contribution in [1.29, 1.82) is 0 Å². The van der Waals surface area contributed by atoms with E-state index in [1.807, 2.05) is 30.3 Å². The predicted molar refractivity (Wildman–Crippen MR) is 132 cm³/mol. The summed E-state index contributed by atoms with van der Waals surface area (Å²) in [5.41, 5.74) is 1.37. The molecule has 33 heavy (non-hydrogen) atoms. The maximum Gasteiger partial charge on any atom is 0.147 e. The molecule has 2 atom stereocenters. The zero-order chi connectivity index (χ0) is 23.4. The molecule has 8 heteroatoms. The second kappa shape index (κ2) is 10.9. The standard InChI is InChI=1S/C25H22Cl4FNO2/c26-19-7-5-18(6-8-19)25(33-15-17-2-1-3-21(28)24(17)30)10-11-31-13-23(25)32-14-16-4-9-20(27)22(29)12-16/h1-9,12,23,31H,10-11,13-15H2/t23-,25+/m0/s1. The Morgan fingerprint density at radius 1 is 0.909 bits per heavy atom. The van der Waals surface area contributed by atoms with Crippen LogP contribution in [0.5, 0.6) is 0 Å². The fraction of sp³-hybridized carbons (Fsp3) is 0.280. The summed E-state index contributed by atoms with van der Waals surface area (Å²) in [6.07, 6.45) is 0.271. The second-order valence-electron chi connectivity index (χ2n) is 7.90. The minimum Gasteiger partial charge on any atom is -0.369 e. The van der Waals surface area contributed by atoms with Gasteiger partial charge >= 0.3 is 0 Å². The van der Waals surface area contributed by atoms with Crippen molar-refractivity contribution < 1.29 is 13.9 Å². The van der Waals surface area contributed by atoms with Gasteiger partial charge in [-0.3, -0.25) is 0 Å². The molecule has 1 saturated heterocycles. The third-order valence-corrected chi connectivity index (χ3v) is 7.09. The zero-order valence-electron chi connectivity index (χ0n) is 17.6. The molecule has 1 heterocycles. The van der Waals surface area contributed by atoms with Gasteiger partial charge in [0, 0.05) is 17.1 Å². The van der Waals surface area contributed by atoms with Gasteiger partial charge in [-0.05, 0) is 54.4 Å². The van der Waals surface area contributed by atoms with E-state index in [1.54, 1.807) is 24.3 Å². The van der Waals surface area contributed by atoms with E-state index in [1.165, 1.54) is 6.07 Å². The number of halogens is 5. The first-order valence-corrected chi connectivity index (χ1v) is 12.0. The van der Waals surface area contributed by atoms with Crippen molar-refractivity contribution in [3.8, 4) is 0 Å². The average molecular weight is 529 g/mol. The molecule has 4 rings (SSSR count). The molecule has 0 aliphatic carbocycles. The highest BCUT2D eigenvalue weighted by molar-refractivity contribution is 6.42. The van der Waals surface area contributed by atoms with Crippen LogP contribution in [0.3, 0.4) is 0 Å². The molecule has 3 aromatic rings. The average Bonchev–Trinajstić information content (AvgIpc) is 2.82. The smallest absolute Gasteiger partial charge is 0.147 e. The molecule has 3 nitrogen and oxygen atoms in total. The topological polar surface area (TPSA) is 30.5 Å². The molecule has 1 aliphatic rings. The van der Waals surface area contributed by atoms with E-state index in [2.05, 4.69) is 5.32 Å². The van der Waals surface area contributed by atoms with E-state index in [0.29, 0.717) is 46.7 Å². The molecule has 3 aromatic carbocycles. The molecule has 0 aromatic heterocycles. The number of hydrogen-bond donors (Lipinski definition) is 1. The molecule has 0 amide bonds. The van der Waals surface area contributed by atoms with Crippen LogP contribution in [0.2, 0.25) is 20.1 Å². The van der Waals surface area contributed by atoms with Crippen molar-refractivity contribution in [2.45, 2.75) is 31.3 Å². The van der Waals surface area contributed by atoms with Crippen molar-refractivity contribution in [3.05, 3.63) is 103 Å². The lowest BCUT2D eigenvalue weighted by atomic mass is 9.82. The number of ether oxygens (including phenoxy) is 2. The molecule has 0 unspecified atom stereocenters. The Kier molecular flexibility index (Phi) is 8.19. The van der Waals surface area contributed by atoms with E-state index >= 15 is 0 Å². The number of rotatable bonds is 7. The summed E-state index contributed by atoms with van der Waals surface area (Å²) < 4.78 is 27.4. The van der Waals surface area contributed by atoms with Crippen LogP contribution in [0.1, 0.15) is 23.1 Å². The fourth-order valence-electron chi connectivity index (χ4n) is 4.03. The molecular weight excluding hydrogens is 507 g/mol. The SMILES string of the molecule is Fc1c(Cl)cccc1CO[C@@]1(c2ccc(Cl)cc2)CCNC[C@@H]1OCc1ccc(Cl)c(Cl)c1. The minimum atomic E-state index is -0.819. The van der Waals surface area contributed by atoms with Gasteiger partial charge < -0.3 is 14.8 Å². The lowest BCUT2D eigenvalue weighted by Crippen LogP contribution is -2.54. The van der Waals surface area contributed by atoms with Crippen molar-refractivity contribution in [2.24, 2.45) is 0 Å². The first kappa shape index (κ1) is 24.7. The lowest BCUT2D eigenvalue weighted by molar-refractivity contribution is -0.176. The number of piperidine rings is 1. The monoisotopic (exact) mass is 527 g/mol. The van der Waals surface area contributed by atoms with E-state index in [0.717, 1.165) is 11.1 Å². The van der Waals surface area contributed by atoms with Crippen LogP contribution in [0, 0.1) is 5.82 Å². The van der Waals surface area contributed by atoms with Crippen molar-refractivity contribution in [2.75, 3.05) is 13.1 Å². The van der Waals surface area contributed by atoms with Gasteiger partial charge in [-0.25, -0.2) is 4.39 Å². The zero-order valence-corrected chi connectivity index (χ0v) is 20.6. The number of hydrogen-bond acceptors (Lipinski definition) is 3. The quantitative estimate of drug-likeness (QED) is 0.346. The second-order valence-corrected chi connectivity index (χ2v) is 9.56. The Balaban J connectivity index is 1.63. The Hall–Kier alpha value is -1.37. The Morgan fingerprint density at radius 3 is 2.45 bits per heavy atom. The summed E-state index contributed by atoms with van der Waals surface area (Å²) in [5, 5.41) is 5.02. The molecule has 0 spiro atoms. The van der Waals surface area contributed by atoms with Crippen LogP contribution in [-0.2, 0) is 28.3 Å². The molecule has 1 aliphatic heterocycles. The molecule has 0 saturated carbocycles. The van der Waals surface area contributed by atoms with Gasteiger partial charge in [0.2, 0.25) is 0 Å². The van der Waals surface area contributed by atoms with Crippen molar-refractivity contribution in [1.82, 2.24) is 5.32 Å². The van der Waals surface area contributed by atoms with Crippen LogP contribution in [0.15, 0.2) is 60.7 Å². The molecule has 0 bridgehead atoms. The molecular formula is C25H22Cl4FNO2. The van der Waals surface area contributed by atoms with E-state index < -0.39 is 11.4 Å². The normalized spacial score (nSPS) is 20.7. The van der Waals surface area contributed by atoms with Crippen molar-refractivity contribution >= 4 is 46.4 Å². The van der Waals surface area contributed by atoms with Gasteiger partial charge in [0.1, 0.15) is 17.5 Å². The third kappa shape index (κ3) is 5.66. The van der Waals surface area contributed by atoms with E-state index in [-0.39, 0.29) is 17.7 Å². The van der Waals surface area contributed by atoms with Crippen LogP contribution in [-0.4, -0.2) is 19.2 Å². The Labute approximate surface area is 212 Å². The van der Waals surface area contributed by atoms with Gasteiger partial charge in [0.15, 0.2) is 0 Å². The molecule has 0 radical (unpaired) electrons. The third-order valence-electron chi connectivity index (χ3n) is 5.81. The Morgan fingerprint density at radius 2 is 1.70 bits per heavy atom. The van der Waals surface area contributed by atoms with Crippen LogP contribution in [0.4, 0.5) is 4.39 Å². The van der Waals surface area contributed by atoms with Crippen molar-refractivity contribution in [3.63, 3.8) is 0 Å². The minimum absolute atomic E-state index is 0.0433. The summed E-state index contributed by atoms with van der Waals surface area (Å²) in [6.45, 7) is 1.63. The van der Waals surface area contributed by atoms with Crippen LogP contribution in [0.25, 0.3) is 0 Å². The highest BCUT2D eigenvalue weighted by atomic mass is 35.5. The molecule has 174 valence electrons. The van der Waals surface area contributed by atoms with Gasteiger partial charge in [-0.1, -0.05) is 76.7 Å². The van der Waals surface area contributed by atoms with E-state index in [9.17, 15) is 4.39 Å². The maximum absolute atomic E-state index is 14.6. The molecule has 1 fully saturated rings. The van der Waals surface area contributed by atoms with Crippen LogP contribution < -0.4 is 5.32 Å². The summed E-state index contributed by atoms with van der Waals surface area (Å²) in [5.74, 6) is -0.479. The summed E-state index contributed by atoms with van der Waals surface area (Å²) >= 11 is 24.3. The number of nitrogens with one attached hydrogen (secondary N) is 1. The number of benzene rings is 3. The van der Waals surface area contributed by atoms with Crippen LogP contribution >= 0.6 is 46.4 Å². The van der Waals surface area contributed by atoms with Gasteiger partial charge in [-0.2, -0.15) is 0 Å². The first-order chi connectivity index (χ1) is 15.9. The van der Waals surface area contributed by atoms with Gasteiger partial charge in [-0.15, -0.1) is 0 Å². The summed E-state index contributed by atoms with van der Waals surface area (Å²) in [6, 6.07) is 17.8. The largest absolute Gasteiger partial charge is 0.369 e. The fourth-order valence-corrected chi connectivity index (χ4v) is 4.67. The highest BCUT2D eigenvalue weighted by Crippen LogP contribution is 2.39. The summed E-state index contributed by atoms with van der Waals surface area (Å²) in [4.78, 5) is 0. The lowest BCUT2D eigenvalue weighted by Gasteiger charge is -2.44. The maximum atomic E-state index is 14.6. The van der Waals surface area contributed by atoms with Gasteiger partial charge in [0.25, 0.3) is 0 Å². The van der Waals surface area contributed by atoms with Gasteiger partial charge in [0.05, 0.1) is 28.3 Å². The predicted octanol–water partition coefficient (Wildman–Crippen LogP) is 7.43. The summed E-state index contributed by atoms with van der Waals surface area (Å²) in [7, 11) is 0. The first-order valence-electron chi connectivity index (χ1n) is 10.5.